The van der Waals surface area contributed by atoms with Crippen molar-refractivity contribution in [3.63, 3.8) is 0 Å². The molecule has 4 nitrogen and oxygen atoms in total. The predicted octanol–water partition coefficient (Wildman–Crippen LogP) is 1.34. The van der Waals surface area contributed by atoms with Crippen LogP contribution in [0.3, 0.4) is 0 Å². The zero-order valence-electron chi connectivity index (χ0n) is 9.41. The van der Waals surface area contributed by atoms with Crippen LogP contribution in [-0.4, -0.2) is 29.1 Å². The number of carboxylic acids is 1. The summed E-state index contributed by atoms with van der Waals surface area (Å²) in [6, 6.07) is 12.0. The second-order valence-corrected chi connectivity index (χ2v) is 4.36. The maximum Gasteiger partial charge on any atom is 0.309 e. The van der Waals surface area contributed by atoms with E-state index < -0.39 is 17.8 Å². The highest BCUT2D eigenvalue weighted by Gasteiger charge is 2.37. The van der Waals surface area contributed by atoms with Crippen molar-refractivity contribution in [1.29, 1.82) is 5.26 Å². The zero-order chi connectivity index (χ0) is 12.3. The van der Waals surface area contributed by atoms with Gasteiger partial charge in [-0.2, -0.15) is 5.26 Å². The molecule has 2 atom stereocenters. The number of likely N-dealkylation sites (tertiary alicyclic amines) is 1. The van der Waals surface area contributed by atoms with Gasteiger partial charge in [-0.15, -0.1) is 0 Å². The molecule has 2 unspecified atom stereocenters. The number of rotatable bonds is 3. The molecule has 2 rings (SSSR count). The van der Waals surface area contributed by atoms with E-state index in [-0.39, 0.29) is 0 Å². The van der Waals surface area contributed by atoms with Crippen LogP contribution in [0, 0.1) is 23.2 Å². The van der Waals surface area contributed by atoms with Crippen LogP contribution in [0.25, 0.3) is 0 Å². The molecule has 0 aromatic heterocycles. The molecule has 1 aliphatic heterocycles. The lowest BCUT2D eigenvalue weighted by atomic mass is 9.98. The Kier molecular flexibility index (Phi) is 3.40. The minimum atomic E-state index is -0.868. The number of aliphatic carboxylic acids is 1. The summed E-state index contributed by atoms with van der Waals surface area (Å²) < 4.78 is 0. The van der Waals surface area contributed by atoms with Crippen molar-refractivity contribution in [2.24, 2.45) is 11.8 Å². The van der Waals surface area contributed by atoms with Gasteiger partial charge in [-0.3, -0.25) is 9.69 Å². The standard InChI is InChI=1S/C13H14N2O2/c14-6-11-8-15(9-12(11)13(16)17)7-10-4-2-1-3-5-10/h1-5,11-12H,7-9H2,(H,16,17). The average Bonchev–Trinajstić information content (AvgIpc) is 2.73. The van der Waals surface area contributed by atoms with Gasteiger partial charge in [0.05, 0.1) is 17.9 Å². The van der Waals surface area contributed by atoms with Gasteiger partial charge in [-0.25, -0.2) is 0 Å². The van der Waals surface area contributed by atoms with Crippen LogP contribution in [0.2, 0.25) is 0 Å². The van der Waals surface area contributed by atoms with E-state index in [0.717, 1.165) is 5.56 Å². The van der Waals surface area contributed by atoms with Crippen molar-refractivity contribution >= 4 is 5.97 Å². The van der Waals surface area contributed by atoms with Crippen molar-refractivity contribution in [2.45, 2.75) is 6.54 Å². The second-order valence-electron chi connectivity index (χ2n) is 4.36. The molecule has 1 fully saturated rings. The van der Waals surface area contributed by atoms with E-state index in [9.17, 15) is 4.79 Å². The number of nitriles is 1. The van der Waals surface area contributed by atoms with Crippen LogP contribution < -0.4 is 0 Å². The highest BCUT2D eigenvalue weighted by molar-refractivity contribution is 5.71. The lowest BCUT2D eigenvalue weighted by Gasteiger charge is -2.14. The lowest BCUT2D eigenvalue weighted by Crippen LogP contribution is -2.23. The van der Waals surface area contributed by atoms with Gasteiger partial charge in [0, 0.05) is 19.6 Å². The fourth-order valence-corrected chi connectivity index (χ4v) is 2.24. The molecule has 4 heteroatoms. The molecule has 0 bridgehead atoms. The Morgan fingerprint density at radius 3 is 2.65 bits per heavy atom. The smallest absolute Gasteiger partial charge is 0.309 e. The molecule has 0 saturated carbocycles. The lowest BCUT2D eigenvalue weighted by molar-refractivity contribution is -0.142. The minimum absolute atomic E-state index is 0.392. The Labute approximate surface area is 100 Å². The SMILES string of the molecule is N#CC1CN(Cc2ccccc2)CC1C(=O)O. The van der Waals surface area contributed by atoms with E-state index in [1.165, 1.54) is 0 Å². The topological polar surface area (TPSA) is 64.3 Å². The van der Waals surface area contributed by atoms with Crippen molar-refractivity contribution in [1.82, 2.24) is 4.90 Å². The molecule has 17 heavy (non-hydrogen) atoms. The normalized spacial score (nSPS) is 24.4. The van der Waals surface area contributed by atoms with Crippen LogP contribution in [-0.2, 0) is 11.3 Å². The molecule has 0 radical (unpaired) electrons. The van der Waals surface area contributed by atoms with Crippen LogP contribution in [0.4, 0.5) is 0 Å². The van der Waals surface area contributed by atoms with E-state index in [0.29, 0.717) is 19.6 Å². The molecular weight excluding hydrogens is 216 g/mol. The average molecular weight is 230 g/mol. The van der Waals surface area contributed by atoms with Gasteiger partial charge < -0.3 is 5.11 Å². The molecule has 88 valence electrons. The van der Waals surface area contributed by atoms with Crippen LogP contribution >= 0.6 is 0 Å². The fraction of sp³-hybridized carbons (Fsp3) is 0.385. The van der Waals surface area contributed by atoms with Crippen molar-refractivity contribution in [3.8, 4) is 6.07 Å². The minimum Gasteiger partial charge on any atom is -0.481 e. The Morgan fingerprint density at radius 1 is 1.41 bits per heavy atom. The molecule has 1 aliphatic rings. The molecular formula is C13H14N2O2. The summed E-state index contributed by atoms with van der Waals surface area (Å²) in [5.41, 5.74) is 1.15. The predicted molar refractivity (Wildman–Crippen MR) is 61.9 cm³/mol. The van der Waals surface area contributed by atoms with E-state index in [2.05, 4.69) is 6.07 Å². The van der Waals surface area contributed by atoms with Crippen LogP contribution in [0.1, 0.15) is 5.56 Å². The molecule has 1 N–H and O–H groups in total. The van der Waals surface area contributed by atoms with Crippen LogP contribution in [0.15, 0.2) is 30.3 Å². The molecule has 1 heterocycles. The van der Waals surface area contributed by atoms with Crippen LogP contribution in [0.5, 0.6) is 0 Å². The van der Waals surface area contributed by atoms with E-state index in [4.69, 9.17) is 10.4 Å². The highest BCUT2D eigenvalue weighted by atomic mass is 16.4. The number of carbonyl (C=O) groups is 1. The molecule has 1 aromatic rings. The fourth-order valence-electron chi connectivity index (χ4n) is 2.24. The van der Waals surface area contributed by atoms with Crippen molar-refractivity contribution < 1.29 is 9.90 Å². The molecule has 1 saturated heterocycles. The van der Waals surface area contributed by atoms with Crippen molar-refractivity contribution in [2.75, 3.05) is 13.1 Å². The summed E-state index contributed by atoms with van der Waals surface area (Å²) in [6.45, 7) is 1.72. The molecule has 0 spiro atoms. The third-order valence-corrected chi connectivity index (χ3v) is 3.13. The monoisotopic (exact) mass is 230 g/mol. The van der Waals surface area contributed by atoms with E-state index >= 15 is 0 Å². The summed E-state index contributed by atoms with van der Waals surface area (Å²) in [5.74, 6) is -1.81. The highest BCUT2D eigenvalue weighted by Crippen LogP contribution is 2.24. The molecule has 0 amide bonds. The first kappa shape index (κ1) is 11.6. The second kappa shape index (κ2) is 4.98. The summed E-state index contributed by atoms with van der Waals surface area (Å²) in [6.07, 6.45) is 0. The van der Waals surface area contributed by atoms with Gasteiger partial charge in [-0.1, -0.05) is 30.3 Å². The summed E-state index contributed by atoms with van der Waals surface area (Å²) in [5, 5.41) is 18.0. The number of carboxylic acid groups (broad SMARTS) is 1. The first-order valence-corrected chi connectivity index (χ1v) is 5.59. The third kappa shape index (κ3) is 2.63. The summed E-state index contributed by atoms with van der Waals surface area (Å²) in [7, 11) is 0. The van der Waals surface area contributed by atoms with Gasteiger partial charge in [-0.05, 0) is 5.56 Å². The van der Waals surface area contributed by atoms with Gasteiger partial charge in [0.15, 0.2) is 0 Å². The quantitative estimate of drug-likeness (QED) is 0.851. The number of hydrogen-bond donors (Lipinski definition) is 1. The summed E-state index contributed by atoms with van der Waals surface area (Å²) >= 11 is 0. The van der Waals surface area contributed by atoms with Gasteiger partial charge in [0.25, 0.3) is 0 Å². The largest absolute Gasteiger partial charge is 0.481 e. The number of nitrogens with zero attached hydrogens (tertiary/aromatic N) is 2. The van der Waals surface area contributed by atoms with Gasteiger partial charge in [0.1, 0.15) is 0 Å². The maximum atomic E-state index is 11.0. The van der Waals surface area contributed by atoms with E-state index in [1.807, 2.05) is 35.2 Å². The first-order valence-electron chi connectivity index (χ1n) is 5.59. The Bertz CT molecular complexity index is 438. The van der Waals surface area contributed by atoms with E-state index in [1.54, 1.807) is 0 Å². The Balaban J connectivity index is 2.02. The molecule has 0 aliphatic carbocycles. The number of hydrogen-bond acceptors (Lipinski definition) is 3. The Morgan fingerprint density at radius 2 is 2.12 bits per heavy atom. The molecule has 1 aromatic carbocycles. The Hall–Kier alpha value is -1.86. The van der Waals surface area contributed by atoms with Gasteiger partial charge >= 0.3 is 5.97 Å². The van der Waals surface area contributed by atoms with Crippen molar-refractivity contribution in [3.05, 3.63) is 35.9 Å². The zero-order valence-corrected chi connectivity index (χ0v) is 9.41. The first-order chi connectivity index (χ1) is 8.20. The maximum absolute atomic E-state index is 11.0. The van der Waals surface area contributed by atoms with Gasteiger partial charge in [0.2, 0.25) is 0 Å². The number of benzene rings is 1. The third-order valence-electron chi connectivity index (χ3n) is 3.13. The summed E-state index contributed by atoms with van der Waals surface area (Å²) in [4.78, 5) is 13.0.